The minimum absolute atomic E-state index is 0.00772. The first-order chi connectivity index (χ1) is 3.18. The zero-order valence-electron chi connectivity index (χ0n) is 4.66. The molecular formula is C4H10ClNSi. The van der Waals surface area contributed by atoms with E-state index in [9.17, 15) is 0 Å². The van der Waals surface area contributed by atoms with Crippen LogP contribution in [0, 0.1) is 0 Å². The van der Waals surface area contributed by atoms with E-state index >= 15 is 0 Å². The van der Waals surface area contributed by atoms with Crippen LogP contribution in [0.5, 0.6) is 0 Å². The maximum atomic E-state index is 5.62. The molecule has 0 aliphatic rings. The molecule has 0 aliphatic carbocycles. The number of likely N-dealkylation sites (N-methyl/N-ethyl adjacent to an activating group) is 1. The second-order valence-corrected chi connectivity index (χ2v) is 3.22. The second kappa shape index (κ2) is 3.24. The largest absolute Gasteiger partial charge is 0.301 e. The molecule has 0 aromatic heterocycles. The van der Waals surface area contributed by atoms with Gasteiger partial charge in [0.2, 0.25) is 0 Å². The highest BCUT2D eigenvalue weighted by Gasteiger charge is 1.96. The highest BCUT2D eigenvalue weighted by atomic mass is 35.5. The number of alkyl halides is 1. The molecule has 0 heterocycles. The summed E-state index contributed by atoms with van der Waals surface area (Å²) in [7, 11) is 2.79. The van der Waals surface area contributed by atoms with Gasteiger partial charge in [-0.3, -0.25) is 0 Å². The lowest BCUT2D eigenvalue weighted by Gasteiger charge is -2.04. The van der Waals surface area contributed by atoms with Crippen LogP contribution in [0.2, 0.25) is 0 Å². The maximum absolute atomic E-state index is 5.62. The molecule has 0 bridgehead atoms. The predicted molar refractivity (Wildman–Crippen MR) is 37.8 cm³/mol. The van der Waals surface area contributed by atoms with Crippen LogP contribution in [-0.2, 0) is 0 Å². The molecule has 0 aromatic rings. The lowest BCUT2D eigenvalue weighted by atomic mass is 10.6. The lowest BCUT2D eigenvalue weighted by Crippen LogP contribution is -2.20. The summed E-state index contributed by atoms with van der Waals surface area (Å²) in [5.74, 6) is 0. The Morgan fingerprint density at radius 2 is 2.43 bits per heavy atom. The van der Waals surface area contributed by atoms with E-state index in [0.29, 0.717) is 0 Å². The van der Waals surface area contributed by atoms with Crippen molar-refractivity contribution in [3.8, 4) is 0 Å². The molecular weight excluding hydrogens is 126 g/mol. The summed E-state index contributed by atoms with van der Waals surface area (Å²) in [6.45, 7) is 3.69. The van der Waals surface area contributed by atoms with Gasteiger partial charge in [0.15, 0.2) is 0 Å². The van der Waals surface area contributed by atoms with Gasteiger partial charge < -0.3 is 5.32 Å². The van der Waals surface area contributed by atoms with Crippen molar-refractivity contribution in [3.05, 3.63) is 11.8 Å². The van der Waals surface area contributed by atoms with Crippen LogP contribution in [0.25, 0.3) is 0 Å². The third kappa shape index (κ3) is 2.85. The summed E-state index contributed by atoms with van der Waals surface area (Å²) >= 11 is 5.62. The molecule has 1 nitrogen and oxygen atoms in total. The fourth-order valence-corrected chi connectivity index (χ4v) is 0.535. The lowest BCUT2D eigenvalue weighted by molar-refractivity contribution is 0.847. The molecule has 1 atom stereocenters. The van der Waals surface area contributed by atoms with Gasteiger partial charge in [0.25, 0.3) is 0 Å². The van der Waals surface area contributed by atoms with Crippen molar-refractivity contribution in [2.45, 2.75) is 5.50 Å². The van der Waals surface area contributed by atoms with E-state index < -0.39 is 0 Å². The van der Waals surface area contributed by atoms with Crippen molar-refractivity contribution >= 4 is 21.8 Å². The molecule has 7 heavy (non-hydrogen) atoms. The minimum Gasteiger partial charge on any atom is -0.301 e. The van der Waals surface area contributed by atoms with Gasteiger partial charge in [0.1, 0.15) is 0 Å². The number of rotatable bonds is 2. The fraction of sp³-hybridized carbons (Fsp3) is 0.500. The van der Waals surface area contributed by atoms with Gasteiger partial charge in [0, 0.05) is 10.2 Å². The van der Waals surface area contributed by atoms with Gasteiger partial charge in [-0.1, -0.05) is 5.20 Å². The quantitative estimate of drug-likeness (QED) is 0.310. The highest BCUT2D eigenvalue weighted by molar-refractivity contribution is 6.32. The van der Waals surface area contributed by atoms with Gasteiger partial charge in [-0.05, 0) is 7.05 Å². The zero-order chi connectivity index (χ0) is 5.86. The number of hydrogen-bond donors (Lipinski definition) is 1. The third-order valence-electron chi connectivity index (χ3n) is 0.686. The Kier molecular flexibility index (Phi) is 3.34. The summed E-state index contributed by atoms with van der Waals surface area (Å²) in [6, 6.07) is 0. The Hall–Kier alpha value is 0.207. The van der Waals surface area contributed by atoms with E-state index in [1.165, 1.54) is 0 Å². The monoisotopic (exact) mass is 135 g/mol. The Morgan fingerprint density at radius 3 is 2.43 bits per heavy atom. The standard InChI is InChI=1S/C4H10ClNSi/c1-3(7)4(5)6-2/h4,6H,1H2,2,7H3. The fourth-order valence-electron chi connectivity index (χ4n) is 0.246. The zero-order valence-corrected chi connectivity index (χ0v) is 7.42. The van der Waals surface area contributed by atoms with Crippen molar-refractivity contribution in [2.24, 2.45) is 0 Å². The number of halogens is 1. The topological polar surface area (TPSA) is 12.0 Å². The molecule has 0 saturated heterocycles. The van der Waals surface area contributed by atoms with E-state index in [1.54, 1.807) is 0 Å². The Morgan fingerprint density at radius 1 is 2.00 bits per heavy atom. The van der Waals surface area contributed by atoms with Crippen molar-refractivity contribution < 1.29 is 0 Å². The predicted octanol–water partition coefficient (Wildman–Crippen LogP) is -0.350. The van der Waals surface area contributed by atoms with Crippen molar-refractivity contribution in [3.63, 3.8) is 0 Å². The Bertz CT molecular complexity index is 74.1. The first-order valence-electron chi connectivity index (χ1n) is 2.15. The highest BCUT2D eigenvalue weighted by Crippen LogP contribution is 1.96. The van der Waals surface area contributed by atoms with Crippen LogP contribution >= 0.6 is 11.6 Å². The summed E-state index contributed by atoms with van der Waals surface area (Å²) in [5.41, 5.74) is -0.00772. The van der Waals surface area contributed by atoms with Crippen LogP contribution in [0.15, 0.2) is 11.8 Å². The number of hydrogen-bond acceptors (Lipinski definition) is 1. The molecule has 3 heteroatoms. The van der Waals surface area contributed by atoms with Gasteiger partial charge in [-0.15, -0.1) is 18.2 Å². The van der Waals surface area contributed by atoms with Crippen molar-refractivity contribution in [1.82, 2.24) is 5.32 Å². The minimum atomic E-state index is -0.00772. The molecule has 0 spiro atoms. The summed E-state index contributed by atoms with van der Waals surface area (Å²) in [6.07, 6.45) is 0. The average Bonchev–Trinajstić information content (AvgIpc) is 1.65. The molecule has 0 fully saturated rings. The van der Waals surface area contributed by atoms with Crippen LogP contribution in [-0.4, -0.2) is 22.8 Å². The molecule has 0 radical (unpaired) electrons. The molecule has 0 aliphatic heterocycles. The number of nitrogens with one attached hydrogen (secondary N) is 1. The van der Waals surface area contributed by atoms with Crippen LogP contribution in [0.3, 0.4) is 0 Å². The van der Waals surface area contributed by atoms with Crippen LogP contribution in [0.1, 0.15) is 0 Å². The molecule has 0 saturated carbocycles. The van der Waals surface area contributed by atoms with Gasteiger partial charge in [0.05, 0.1) is 5.50 Å². The second-order valence-electron chi connectivity index (χ2n) is 1.50. The molecule has 0 aromatic carbocycles. The smallest absolute Gasteiger partial charge is 0.0991 e. The first kappa shape index (κ1) is 7.21. The van der Waals surface area contributed by atoms with Crippen LogP contribution < -0.4 is 5.32 Å². The summed E-state index contributed by atoms with van der Waals surface area (Å²) in [5, 5.41) is 3.95. The van der Waals surface area contributed by atoms with Crippen LogP contribution in [0.4, 0.5) is 0 Å². The molecule has 1 unspecified atom stereocenters. The normalized spacial score (nSPS) is 14.0. The van der Waals surface area contributed by atoms with E-state index in [-0.39, 0.29) is 5.50 Å². The molecule has 0 amide bonds. The maximum Gasteiger partial charge on any atom is 0.0991 e. The molecule has 42 valence electrons. The van der Waals surface area contributed by atoms with E-state index in [2.05, 4.69) is 11.9 Å². The van der Waals surface area contributed by atoms with Crippen molar-refractivity contribution in [2.75, 3.05) is 7.05 Å². The SMILES string of the molecule is C=C([SiH3])C(Cl)NC. The summed E-state index contributed by atoms with van der Waals surface area (Å²) < 4.78 is 0. The van der Waals surface area contributed by atoms with Gasteiger partial charge in [-0.2, -0.15) is 0 Å². The van der Waals surface area contributed by atoms with Gasteiger partial charge >= 0.3 is 0 Å². The Labute approximate surface area is 52.2 Å². The van der Waals surface area contributed by atoms with E-state index in [0.717, 1.165) is 15.4 Å². The average molecular weight is 136 g/mol. The van der Waals surface area contributed by atoms with E-state index in [1.807, 2.05) is 7.05 Å². The van der Waals surface area contributed by atoms with Crippen molar-refractivity contribution in [1.29, 1.82) is 0 Å². The summed E-state index contributed by atoms with van der Waals surface area (Å²) in [4.78, 5) is 0. The molecule has 1 N–H and O–H groups in total. The third-order valence-corrected chi connectivity index (χ3v) is 2.22. The Balaban J connectivity index is 3.34. The van der Waals surface area contributed by atoms with E-state index in [4.69, 9.17) is 11.6 Å². The first-order valence-corrected chi connectivity index (χ1v) is 3.59. The van der Waals surface area contributed by atoms with Gasteiger partial charge in [-0.25, -0.2) is 0 Å². The molecule has 0 rings (SSSR count).